The molecule has 1 amide bonds. The lowest BCUT2D eigenvalue weighted by atomic mass is 9.91. The summed E-state index contributed by atoms with van der Waals surface area (Å²) in [6.45, 7) is 5.47. The van der Waals surface area contributed by atoms with Crippen molar-refractivity contribution in [1.82, 2.24) is 5.32 Å². The Morgan fingerprint density at radius 3 is 2.86 bits per heavy atom. The minimum atomic E-state index is -0.431. The van der Waals surface area contributed by atoms with Gasteiger partial charge in [0.15, 0.2) is 0 Å². The first kappa shape index (κ1) is 16.1. The summed E-state index contributed by atoms with van der Waals surface area (Å²) in [6.07, 6.45) is 3.75. The number of halogens is 1. The number of hydrogen-bond donors (Lipinski definition) is 2. The summed E-state index contributed by atoms with van der Waals surface area (Å²) in [5, 5.41) is 6.86. The third-order valence-corrected chi connectivity index (χ3v) is 4.14. The van der Waals surface area contributed by atoms with E-state index < -0.39 is 5.54 Å². The Morgan fingerprint density at radius 2 is 2.29 bits per heavy atom. The second kappa shape index (κ2) is 7.14. The van der Waals surface area contributed by atoms with Gasteiger partial charge in [-0.1, -0.05) is 24.9 Å². The summed E-state index contributed by atoms with van der Waals surface area (Å²) in [5.74, 6) is 0.668. The van der Waals surface area contributed by atoms with Crippen LogP contribution in [0.5, 0.6) is 5.75 Å². The lowest BCUT2D eigenvalue weighted by Gasteiger charge is -2.28. The molecule has 1 aromatic carbocycles. The predicted octanol–water partition coefficient (Wildman–Crippen LogP) is 3.60. The highest BCUT2D eigenvalue weighted by Crippen LogP contribution is 2.30. The SMILES string of the molecule is CCCC1(C(=O)Nc2ccc(OCC)c(Cl)c2)CCCN1. The van der Waals surface area contributed by atoms with Crippen LogP contribution in [0.1, 0.15) is 39.5 Å². The first-order valence-corrected chi connectivity index (χ1v) is 7.98. The molecule has 0 spiro atoms. The molecule has 0 aliphatic carbocycles. The van der Waals surface area contributed by atoms with E-state index in [-0.39, 0.29) is 5.91 Å². The third-order valence-electron chi connectivity index (χ3n) is 3.84. The van der Waals surface area contributed by atoms with Crippen molar-refractivity contribution < 1.29 is 9.53 Å². The second-order valence-electron chi connectivity index (χ2n) is 5.39. The van der Waals surface area contributed by atoms with Gasteiger partial charge in [0, 0.05) is 5.69 Å². The number of amides is 1. The zero-order chi connectivity index (χ0) is 15.3. The van der Waals surface area contributed by atoms with Crippen LogP contribution >= 0.6 is 11.6 Å². The van der Waals surface area contributed by atoms with E-state index in [0.29, 0.717) is 23.1 Å². The van der Waals surface area contributed by atoms with Gasteiger partial charge >= 0.3 is 0 Å². The van der Waals surface area contributed by atoms with Crippen LogP contribution in [0, 0.1) is 0 Å². The van der Waals surface area contributed by atoms with Crippen molar-refractivity contribution in [2.24, 2.45) is 0 Å². The normalized spacial score (nSPS) is 21.3. The fourth-order valence-corrected chi connectivity index (χ4v) is 3.09. The van der Waals surface area contributed by atoms with Crippen molar-refractivity contribution >= 4 is 23.2 Å². The number of nitrogens with one attached hydrogen (secondary N) is 2. The van der Waals surface area contributed by atoms with Gasteiger partial charge in [0.2, 0.25) is 5.91 Å². The Kier molecular flexibility index (Phi) is 5.48. The van der Waals surface area contributed by atoms with Crippen molar-refractivity contribution in [3.8, 4) is 5.75 Å². The summed E-state index contributed by atoms with van der Waals surface area (Å²) < 4.78 is 5.40. The molecule has 4 nitrogen and oxygen atoms in total. The smallest absolute Gasteiger partial charge is 0.244 e. The molecule has 0 bridgehead atoms. The maximum absolute atomic E-state index is 12.6. The predicted molar refractivity (Wildman–Crippen MR) is 86.1 cm³/mol. The van der Waals surface area contributed by atoms with E-state index in [4.69, 9.17) is 16.3 Å². The average molecular weight is 311 g/mol. The number of carbonyl (C=O) groups is 1. The molecule has 5 heteroatoms. The topological polar surface area (TPSA) is 50.4 Å². The molecule has 1 fully saturated rings. The molecule has 1 aliphatic rings. The Bertz CT molecular complexity index is 499. The minimum absolute atomic E-state index is 0.0297. The molecule has 1 aromatic rings. The molecule has 1 atom stereocenters. The quantitative estimate of drug-likeness (QED) is 0.844. The molecule has 2 rings (SSSR count). The van der Waals surface area contributed by atoms with Crippen molar-refractivity contribution in [2.45, 2.75) is 45.1 Å². The van der Waals surface area contributed by atoms with Gasteiger partial charge in [-0.15, -0.1) is 0 Å². The third kappa shape index (κ3) is 3.69. The van der Waals surface area contributed by atoms with E-state index in [9.17, 15) is 4.79 Å². The van der Waals surface area contributed by atoms with Gasteiger partial charge in [-0.05, 0) is 50.9 Å². The Hall–Kier alpha value is -1.26. The van der Waals surface area contributed by atoms with Crippen molar-refractivity contribution in [2.75, 3.05) is 18.5 Å². The highest BCUT2D eigenvalue weighted by Gasteiger charge is 2.39. The standard InChI is InChI=1S/C16H23ClN2O2/c1-3-8-16(9-5-10-18-16)15(20)19-12-6-7-14(21-4-2)13(17)11-12/h6-7,11,18H,3-5,8-10H2,1-2H3,(H,19,20). The molecule has 2 N–H and O–H groups in total. The first-order valence-electron chi connectivity index (χ1n) is 7.60. The fourth-order valence-electron chi connectivity index (χ4n) is 2.86. The zero-order valence-electron chi connectivity index (χ0n) is 12.7. The van der Waals surface area contributed by atoms with Gasteiger partial charge in [0.05, 0.1) is 17.2 Å². The fraction of sp³-hybridized carbons (Fsp3) is 0.562. The Balaban J connectivity index is 2.10. The van der Waals surface area contributed by atoms with Gasteiger partial charge in [-0.2, -0.15) is 0 Å². The van der Waals surface area contributed by atoms with Crippen molar-refractivity contribution in [1.29, 1.82) is 0 Å². The Morgan fingerprint density at radius 1 is 1.48 bits per heavy atom. The van der Waals surface area contributed by atoms with Gasteiger partial charge in [-0.25, -0.2) is 0 Å². The van der Waals surface area contributed by atoms with E-state index in [2.05, 4.69) is 17.6 Å². The molecule has 1 unspecified atom stereocenters. The summed E-state index contributed by atoms with van der Waals surface area (Å²) in [6, 6.07) is 5.35. The van der Waals surface area contributed by atoms with E-state index in [1.54, 1.807) is 12.1 Å². The molecule has 0 aromatic heterocycles. The van der Waals surface area contributed by atoms with Crippen LogP contribution in [-0.4, -0.2) is 24.6 Å². The molecule has 116 valence electrons. The van der Waals surface area contributed by atoms with E-state index in [1.807, 2.05) is 13.0 Å². The summed E-state index contributed by atoms with van der Waals surface area (Å²) in [5.41, 5.74) is 0.275. The number of rotatable bonds is 6. The molecule has 1 aliphatic heterocycles. The molecule has 0 saturated carbocycles. The number of anilines is 1. The van der Waals surface area contributed by atoms with Crippen LogP contribution in [0.2, 0.25) is 5.02 Å². The summed E-state index contributed by atoms with van der Waals surface area (Å²) in [7, 11) is 0. The van der Waals surface area contributed by atoms with Crippen molar-refractivity contribution in [3.63, 3.8) is 0 Å². The van der Waals surface area contributed by atoms with Gasteiger partial charge < -0.3 is 15.4 Å². The summed E-state index contributed by atoms with van der Waals surface area (Å²) >= 11 is 6.16. The molecule has 1 saturated heterocycles. The number of carbonyl (C=O) groups excluding carboxylic acids is 1. The van der Waals surface area contributed by atoms with Crippen LogP contribution in [0.4, 0.5) is 5.69 Å². The van der Waals surface area contributed by atoms with Gasteiger partial charge in [0.1, 0.15) is 5.75 Å². The van der Waals surface area contributed by atoms with Gasteiger partial charge in [0.25, 0.3) is 0 Å². The molecule has 1 heterocycles. The molecular weight excluding hydrogens is 288 g/mol. The van der Waals surface area contributed by atoms with Crippen molar-refractivity contribution in [3.05, 3.63) is 23.2 Å². The molecular formula is C16H23ClN2O2. The lowest BCUT2D eigenvalue weighted by Crippen LogP contribution is -2.50. The molecule has 21 heavy (non-hydrogen) atoms. The van der Waals surface area contributed by atoms with E-state index in [0.717, 1.165) is 32.2 Å². The maximum Gasteiger partial charge on any atom is 0.244 e. The Labute approximate surface area is 131 Å². The van der Waals surface area contributed by atoms with Crippen LogP contribution in [-0.2, 0) is 4.79 Å². The van der Waals surface area contributed by atoms with Crippen LogP contribution in [0.25, 0.3) is 0 Å². The van der Waals surface area contributed by atoms with Crippen LogP contribution in [0.15, 0.2) is 18.2 Å². The van der Waals surface area contributed by atoms with E-state index in [1.165, 1.54) is 0 Å². The highest BCUT2D eigenvalue weighted by molar-refractivity contribution is 6.32. The number of hydrogen-bond acceptors (Lipinski definition) is 3. The first-order chi connectivity index (χ1) is 10.1. The summed E-state index contributed by atoms with van der Waals surface area (Å²) in [4.78, 5) is 12.6. The van der Waals surface area contributed by atoms with Gasteiger partial charge in [-0.3, -0.25) is 4.79 Å². The van der Waals surface area contributed by atoms with Crippen LogP contribution < -0.4 is 15.4 Å². The largest absolute Gasteiger partial charge is 0.492 e. The minimum Gasteiger partial charge on any atom is -0.492 e. The lowest BCUT2D eigenvalue weighted by molar-refractivity contribution is -0.122. The van der Waals surface area contributed by atoms with Crippen LogP contribution in [0.3, 0.4) is 0 Å². The number of benzene rings is 1. The zero-order valence-corrected chi connectivity index (χ0v) is 13.4. The maximum atomic E-state index is 12.6. The molecule has 0 radical (unpaired) electrons. The highest BCUT2D eigenvalue weighted by atomic mass is 35.5. The average Bonchev–Trinajstić information content (AvgIpc) is 2.92. The number of ether oxygens (including phenoxy) is 1. The second-order valence-corrected chi connectivity index (χ2v) is 5.80. The monoisotopic (exact) mass is 310 g/mol. The van der Waals surface area contributed by atoms with E-state index >= 15 is 0 Å².